The lowest BCUT2D eigenvalue weighted by Gasteiger charge is -2.37. The third-order valence-corrected chi connectivity index (χ3v) is 3.88. The number of alkyl halides is 3. The highest BCUT2D eigenvalue weighted by Crippen LogP contribution is 2.29. The first kappa shape index (κ1) is 16.3. The molecule has 1 heterocycles. The van der Waals surface area contributed by atoms with E-state index in [1.807, 2.05) is 0 Å². The average molecular weight is 300 g/mol. The molecule has 1 N–H and O–H groups in total. The number of halogens is 3. The molecule has 1 fully saturated rings. The first-order valence-corrected chi connectivity index (χ1v) is 7.47. The Balaban J connectivity index is 2.02. The highest BCUT2D eigenvalue weighted by atomic mass is 19.4. The molecule has 1 unspecified atom stereocenters. The molecule has 118 valence electrons. The highest BCUT2D eigenvalue weighted by Gasteiger charge is 2.30. The van der Waals surface area contributed by atoms with Crippen LogP contribution >= 0.6 is 0 Å². The number of nitrogens with zero attached hydrogens (tertiary/aromatic N) is 1. The molecule has 1 aliphatic rings. The van der Waals surface area contributed by atoms with Gasteiger partial charge in [-0.3, -0.25) is 4.90 Å². The number of hydrogen-bond donors (Lipinski definition) is 1. The van der Waals surface area contributed by atoms with Crippen molar-refractivity contribution in [2.45, 2.75) is 39.0 Å². The van der Waals surface area contributed by atoms with Gasteiger partial charge in [-0.2, -0.15) is 13.2 Å². The van der Waals surface area contributed by atoms with Gasteiger partial charge in [0.25, 0.3) is 0 Å². The maximum Gasteiger partial charge on any atom is 0.416 e. The topological polar surface area (TPSA) is 15.3 Å². The van der Waals surface area contributed by atoms with Crippen LogP contribution in [-0.2, 0) is 12.7 Å². The molecule has 2 rings (SSSR count). The molecule has 1 saturated heterocycles. The van der Waals surface area contributed by atoms with E-state index in [0.29, 0.717) is 12.0 Å². The maximum absolute atomic E-state index is 12.6. The molecule has 1 atom stereocenters. The van der Waals surface area contributed by atoms with Crippen LogP contribution in [-0.4, -0.2) is 30.6 Å². The summed E-state index contributed by atoms with van der Waals surface area (Å²) < 4.78 is 37.7. The zero-order valence-electron chi connectivity index (χ0n) is 12.6. The van der Waals surface area contributed by atoms with E-state index in [1.54, 1.807) is 12.1 Å². The van der Waals surface area contributed by atoms with E-state index in [9.17, 15) is 13.2 Å². The van der Waals surface area contributed by atoms with Crippen molar-refractivity contribution in [3.05, 3.63) is 35.4 Å². The van der Waals surface area contributed by atoms with E-state index in [0.717, 1.165) is 38.2 Å². The van der Waals surface area contributed by atoms with Crippen LogP contribution < -0.4 is 5.32 Å². The minimum absolute atomic E-state index is 0.459. The van der Waals surface area contributed by atoms with E-state index in [4.69, 9.17) is 0 Å². The van der Waals surface area contributed by atoms with Gasteiger partial charge in [0.1, 0.15) is 0 Å². The molecule has 0 radical (unpaired) electrons. The van der Waals surface area contributed by atoms with Crippen molar-refractivity contribution in [1.82, 2.24) is 10.2 Å². The van der Waals surface area contributed by atoms with E-state index in [2.05, 4.69) is 24.1 Å². The molecule has 0 aromatic heterocycles. The molecular formula is C16H23F3N2. The molecule has 0 spiro atoms. The van der Waals surface area contributed by atoms with Gasteiger partial charge in [-0.1, -0.05) is 26.0 Å². The molecule has 5 heteroatoms. The Morgan fingerprint density at radius 2 is 1.90 bits per heavy atom. The average Bonchev–Trinajstić information content (AvgIpc) is 2.40. The molecule has 0 saturated carbocycles. The fourth-order valence-corrected chi connectivity index (χ4v) is 2.82. The number of rotatable bonds is 4. The Labute approximate surface area is 124 Å². The van der Waals surface area contributed by atoms with Crippen molar-refractivity contribution in [3.63, 3.8) is 0 Å². The smallest absolute Gasteiger partial charge is 0.314 e. The molecule has 0 amide bonds. The second kappa shape index (κ2) is 6.79. The lowest BCUT2D eigenvalue weighted by atomic mass is 10.00. The van der Waals surface area contributed by atoms with E-state index < -0.39 is 11.7 Å². The summed E-state index contributed by atoms with van der Waals surface area (Å²) in [5, 5.41) is 3.39. The first-order chi connectivity index (χ1) is 9.86. The second-order valence-electron chi connectivity index (χ2n) is 6.15. The van der Waals surface area contributed by atoms with Crippen molar-refractivity contribution >= 4 is 0 Å². The Bertz CT molecular complexity index is 440. The number of hydrogen-bond acceptors (Lipinski definition) is 2. The quantitative estimate of drug-likeness (QED) is 0.915. The van der Waals surface area contributed by atoms with Crippen molar-refractivity contribution < 1.29 is 13.2 Å². The van der Waals surface area contributed by atoms with Crippen LogP contribution in [0.3, 0.4) is 0 Å². The fourth-order valence-electron chi connectivity index (χ4n) is 2.82. The summed E-state index contributed by atoms with van der Waals surface area (Å²) in [6.07, 6.45) is -3.15. The van der Waals surface area contributed by atoms with Crippen molar-refractivity contribution in [1.29, 1.82) is 0 Å². The molecule has 1 aromatic carbocycles. The van der Waals surface area contributed by atoms with E-state index in [1.165, 1.54) is 12.1 Å². The Morgan fingerprint density at radius 1 is 1.24 bits per heavy atom. The van der Waals surface area contributed by atoms with Crippen LogP contribution in [0.15, 0.2) is 24.3 Å². The minimum Gasteiger partial charge on any atom is -0.314 e. The SMILES string of the molecule is CC(C)CC1CNCCN1Cc1ccc(C(F)(F)F)cc1. The summed E-state index contributed by atoms with van der Waals surface area (Å²) in [7, 11) is 0. The first-order valence-electron chi connectivity index (χ1n) is 7.47. The summed E-state index contributed by atoms with van der Waals surface area (Å²) in [6, 6.07) is 6.00. The standard InChI is InChI=1S/C16H23F3N2/c1-12(2)9-15-10-20-7-8-21(15)11-13-3-5-14(6-4-13)16(17,18)19/h3-6,12,15,20H,7-11H2,1-2H3. The van der Waals surface area contributed by atoms with Crippen LogP contribution in [0.5, 0.6) is 0 Å². The van der Waals surface area contributed by atoms with Crippen LogP contribution in [0, 0.1) is 5.92 Å². The van der Waals surface area contributed by atoms with Crippen LogP contribution in [0.2, 0.25) is 0 Å². The lowest BCUT2D eigenvalue weighted by Crippen LogP contribution is -2.51. The van der Waals surface area contributed by atoms with Gasteiger partial charge in [-0.15, -0.1) is 0 Å². The molecule has 1 aliphatic heterocycles. The van der Waals surface area contributed by atoms with Crippen LogP contribution in [0.4, 0.5) is 13.2 Å². The molecule has 0 aliphatic carbocycles. The lowest BCUT2D eigenvalue weighted by molar-refractivity contribution is -0.137. The zero-order valence-corrected chi connectivity index (χ0v) is 12.6. The number of piperazine rings is 1. The maximum atomic E-state index is 12.6. The molecule has 2 nitrogen and oxygen atoms in total. The summed E-state index contributed by atoms with van der Waals surface area (Å²) in [5.41, 5.74) is 0.365. The second-order valence-corrected chi connectivity index (χ2v) is 6.15. The van der Waals surface area contributed by atoms with Gasteiger partial charge in [0.15, 0.2) is 0 Å². The molecule has 0 bridgehead atoms. The summed E-state index contributed by atoms with van der Waals surface area (Å²) in [5.74, 6) is 0.616. The summed E-state index contributed by atoms with van der Waals surface area (Å²) in [6.45, 7) is 7.96. The van der Waals surface area contributed by atoms with E-state index >= 15 is 0 Å². The Hall–Kier alpha value is -1.07. The fraction of sp³-hybridized carbons (Fsp3) is 0.625. The molecular weight excluding hydrogens is 277 g/mol. The molecule has 1 aromatic rings. The predicted octanol–water partition coefficient (Wildman–Crippen LogP) is 3.53. The number of benzene rings is 1. The minimum atomic E-state index is -4.26. The summed E-state index contributed by atoms with van der Waals surface area (Å²) >= 11 is 0. The van der Waals surface area contributed by atoms with E-state index in [-0.39, 0.29) is 0 Å². The van der Waals surface area contributed by atoms with Gasteiger partial charge < -0.3 is 5.32 Å². The number of nitrogens with one attached hydrogen (secondary N) is 1. The third kappa shape index (κ3) is 4.71. The third-order valence-electron chi connectivity index (χ3n) is 3.88. The highest BCUT2D eigenvalue weighted by molar-refractivity contribution is 5.24. The summed E-state index contributed by atoms with van der Waals surface area (Å²) in [4.78, 5) is 2.37. The zero-order chi connectivity index (χ0) is 15.5. The van der Waals surface area contributed by atoms with Crippen LogP contribution in [0.25, 0.3) is 0 Å². The van der Waals surface area contributed by atoms with Gasteiger partial charge >= 0.3 is 6.18 Å². The largest absolute Gasteiger partial charge is 0.416 e. The van der Waals surface area contributed by atoms with Crippen molar-refractivity contribution in [3.8, 4) is 0 Å². The molecule has 21 heavy (non-hydrogen) atoms. The van der Waals surface area contributed by atoms with Crippen molar-refractivity contribution in [2.24, 2.45) is 5.92 Å². The van der Waals surface area contributed by atoms with Gasteiger partial charge in [0, 0.05) is 32.2 Å². The predicted molar refractivity (Wildman–Crippen MR) is 78.0 cm³/mol. The van der Waals surface area contributed by atoms with Gasteiger partial charge in [-0.25, -0.2) is 0 Å². The van der Waals surface area contributed by atoms with Crippen molar-refractivity contribution in [2.75, 3.05) is 19.6 Å². The van der Waals surface area contributed by atoms with Gasteiger partial charge in [0.2, 0.25) is 0 Å². The van der Waals surface area contributed by atoms with Gasteiger partial charge in [-0.05, 0) is 30.0 Å². The Morgan fingerprint density at radius 3 is 2.48 bits per heavy atom. The monoisotopic (exact) mass is 300 g/mol. The Kier molecular flexibility index (Phi) is 5.27. The normalized spacial score (nSPS) is 21.0. The van der Waals surface area contributed by atoms with Crippen LogP contribution in [0.1, 0.15) is 31.4 Å². The van der Waals surface area contributed by atoms with Gasteiger partial charge in [0.05, 0.1) is 5.56 Å².